The molecule has 0 spiro atoms. The van der Waals surface area contributed by atoms with Gasteiger partial charge in [-0.25, -0.2) is 0 Å². The van der Waals surface area contributed by atoms with Crippen molar-refractivity contribution < 1.29 is 9.90 Å². The number of rotatable bonds is 4. The molecule has 4 nitrogen and oxygen atoms in total. The number of nitriles is 1. The molecule has 0 aliphatic heterocycles. The molecule has 0 aromatic heterocycles. The first-order valence-electron chi connectivity index (χ1n) is 5.41. The van der Waals surface area contributed by atoms with Gasteiger partial charge < -0.3 is 5.11 Å². The zero-order valence-corrected chi connectivity index (χ0v) is 9.20. The topological polar surface area (TPSA) is 64.3 Å². The van der Waals surface area contributed by atoms with Gasteiger partial charge >= 0.3 is 5.97 Å². The van der Waals surface area contributed by atoms with Gasteiger partial charge in [0.05, 0.1) is 19.0 Å². The quantitative estimate of drug-likeness (QED) is 0.716. The highest BCUT2D eigenvalue weighted by Crippen LogP contribution is 2.35. The summed E-state index contributed by atoms with van der Waals surface area (Å²) >= 11 is 0. The summed E-state index contributed by atoms with van der Waals surface area (Å²) in [6.07, 6.45) is 5.29. The molecule has 1 aliphatic carbocycles. The minimum Gasteiger partial charge on any atom is -0.481 e. The van der Waals surface area contributed by atoms with E-state index in [1.165, 1.54) is 6.42 Å². The van der Waals surface area contributed by atoms with Gasteiger partial charge in [0.15, 0.2) is 0 Å². The van der Waals surface area contributed by atoms with Gasteiger partial charge in [-0.15, -0.1) is 0 Å². The molecule has 0 radical (unpaired) electrons. The SMILES string of the molecule is CN(CC#N)C1(CC(=O)O)CCCCC1. The number of hydrogen-bond donors (Lipinski definition) is 1. The van der Waals surface area contributed by atoms with E-state index in [1.54, 1.807) is 0 Å². The molecule has 0 amide bonds. The first-order chi connectivity index (χ1) is 7.10. The Hall–Kier alpha value is -1.08. The van der Waals surface area contributed by atoms with Gasteiger partial charge in [0.1, 0.15) is 0 Å². The molecule has 0 saturated heterocycles. The third-order valence-corrected chi connectivity index (χ3v) is 3.38. The van der Waals surface area contributed by atoms with E-state index >= 15 is 0 Å². The highest BCUT2D eigenvalue weighted by molar-refractivity contribution is 5.68. The molecule has 1 saturated carbocycles. The maximum atomic E-state index is 10.9. The zero-order valence-electron chi connectivity index (χ0n) is 9.20. The molecule has 1 fully saturated rings. The van der Waals surface area contributed by atoms with E-state index in [2.05, 4.69) is 6.07 Å². The number of carboxylic acid groups (broad SMARTS) is 1. The number of nitrogens with zero attached hydrogens (tertiary/aromatic N) is 2. The molecule has 0 aromatic carbocycles. The van der Waals surface area contributed by atoms with Gasteiger partial charge in [0.2, 0.25) is 0 Å². The Kier molecular flexibility index (Phi) is 4.10. The van der Waals surface area contributed by atoms with Crippen molar-refractivity contribution in [3.8, 4) is 6.07 Å². The summed E-state index contributed by atoms with van der Waals surface area (Å²) < 4.78 is 0. The molecule has 0 bridgehead atoms. The van der Waals surface area contributed by atoms with Gasteiger partial charge in [-0.1, -0.05) is 19.3 Å². The van der Waals surface area contributed by atoms with Crippen LogP contribution in [0.15, 0.2) is 0 Å². The standard InChI is InChI=1S/C11H18N2O2/c1-13(8-7-12)11(9-10(14)15)5-3-2-4-6-11/h2-6,8-9H2,1H3,(H,14,15). The second-order valence-electron chi connectivity index (χ2n) is 4.37. The van der Waals surface area contributed by atoms with Crippen LogP contribution >= 0.6 is 0 Å². The van der Waals surface area contributed by atoms with Crippen molar-refractivity contribution in [2.24, 2.45) is 0 Å². The second kappa shape index (κ2) is 5.13. The van der Waals surface area contributed by atoms with Crippen LogP contribution in [0.4, 0.5) is 0 Å². The fourth-order valence-corrected chi connectivity index (χ4v) is 2.46. The molecule has 15 heavy (non-hydrogen) atoms. The van der Waals surface area contributed by atoms with Crippen LogP contribution in [0.5, 0.6) is 0 Å². The maximum Gasteiger partial charge on any atom is 0.305 e. The van der Waals surface area contributed by atoms with Gasteiger partial charge in [0.25, 0.3) is 0 Å². The van der Waals surface area contributed by atoms with Gasteiger partial charge in [-0.3, -0.25) is 9.69 Å². The van der Waals surface area contributed by atoms with E-state index in [0.29, 0.717) is 6.54 Å². The molecular weight excluding hydrogens is 192 g/mol. The summed E-state index contributed by atoms with van der Waals surface area (Å²) in [6, 6.07) is 2.10. The van der Waals surface area contributed by atoms with Crippen LogP contribution < -0.4 is 0 Å². The lowest BCUT2D eigenvalue weighted by atomic mass is 9.78. The normalized spacial score (nSPS) is 19.8. The van der Waals surface area contributed by atoms with E-state index in [9.17, 15) is 4.79 Å². The fourth-order valence-electron chi connectivity index (χ4n) is 2.46. The zero-order chi connectivity index (χ0) is 11.3. The van der Waals surface area contributed by atoms with Crippen molar-refractivity contribution in [1.29, 1.82) is 5.26 Å². The van der Waals surface area contributed by atoms with E-state index in [0.717, 1.165) is 25.7 Å². The van der Waals surface area contributed by atoms with Crippen molar-refractivity contribution in [3.05, 3.63) is 0 Å². The van der Waals surface area contributed by atoms with Crippen LogP contribution in [0.25, 0.3) is 0 Å². The smallest absolute Gasteiger partial charge is 0.305 e. The lowest BCUT2D eigenvalue weighted by molar-refractivity contribution is -0.140. The summed E-state index contributed by atoms with van der Waals surface area (Å²) in [5.41, 5.74) is -0.278. The second-order valence-corrected chi connectivity index (χ2v) is 4.37. The number of hydrogen-bond acceptors (Lipinski definition) is 3. The van der Waals surface area contributed by atoms with E-state index in [4.69, 9.17) is 10.4 Å². The van der Waals surface area contributed by atoms with Gasteiger partial charge in [0, 0.05) is 5.54 Å². The summed E-state index contributed by atoms with van der Waals surface area (Å²) in [5, 5.41) is 17.6. The predicted octanol–water partition coefficient (Wildman–Crippen LogP) is 1.62. The molecule has 1 N–H and O–H groups in total. The lowest BCUT2D eigenvalue weighted by Gasteiger charge is -2.42. The molecule has 0 aromatic rings. The highest BCUT2D eigenvalue weighted by atomic mass is 16.4. The Balaban J connectivity index is 2.74. The average Bonchev–Trinajstić information content (AvgIpc) is 2.18. The Labute approximate surface area is 90.5 Å². The number of aliphatic carboxylic acids is 1. The largest absolute Gasteiger partial charge is 0.481 e. The van der Waals surface area contributed by atoms with E-state index < -0.39 is 5.97 Å². The average molecular weight is 210 g/mol. The molecule has 1 aliphatic rings. The summed E-state index contributed by atoms with van der Waals surface area (Å²) in [5.74, 6) is -0.762. The predicted molar refractivity (Wildman–Crippen MR) is 56.3 cm³/mol. The van der Waals surface area contributed by atoms with Crippen LogP contribution in [0.2, 0.25) is 0 Å². The summed E-state index contributed by atoms with van der Waals surface area (Å²) in [6.45, 7) is 0.313. The third-order valence-electron chi connectivity index (χ3n) is 3.38. The Bertz CT molecular complexity index is 264. The minimum absolute atomic E-state index is 0.158. The van der Waals surface area contributed by atoms with Crippen molar-refractivity contribution in [2.45, 2.75) is 44.1 Å². The number of carbonyl (C=O) groups is 1. The molecule has 84 valence electrons. The van der Waals surface area contributed by atoms with Gasteiger partial charge in [-0.2, -0.15) is 5.26 Å². The maximum absolute atomic E-state index is 10.9. The fraction of sp³-hybridized carbons (Fsp3) is 0.818. The van der Waals surface area contributed by atoms with E-state index in [-0.39, 0.29) is 12.0 Å². The van der Waals surface area contributed by atoms with Crippen molar-refractivity contribution in [2.75, 3.05) is 13.6 Å². The third kappa shape index (κ3) is 2.93. The monoisotopic (exact) mass is 210 g/mol. The van der Waals surface area contributed by atoms with Gasteiger partial charge in [-0.05, 0) is 19.9 Å². The summed E-state index contributed by atoms with van der Waals surface area (Å²) in [4.78, 5) is 12.8. The van der Waals surface area contributed by atoms with Crippen LogP contribution in [-0.4, -0.2) is 35.1 Å². The Morgan fingerprint density at radius 1 is 1.47 bits per heavy atom. The molecule has 1 rings (SSSR count). The van der Waals surface area contributed by atoms with Crippen molar-refractivity contribution >= 4 is 5.97 Å². The van der Waals surface area contributed by atoms with Crippen LogP contribution in [0, 0.1) is 11.3 Å². The summed E-state index contributed by atoms with van der Waals surface area (Å²) in [7, 11) is 1.86. The lowest BCUT2D eigenvalue weighted by Crippen LogP contribution is -2.49. The van der Waals surface area contributed by atoms with Crippen molar-refractivity contribution in [3.63, 3.8) is 0 Å². The van der Waals surface area contributed by atoms with Crippen LogP contribution in [0.3, 0.4) is 0 Å². The molecule has 0 heterocycles. The van der Waals surface area contributed by atoms with Crippen LogP contribution in [0.1, 0.15) is 38.5 Å². The minimum atomic E-state index is -0.762. The molecule has 0 atom stereocenters. The highest BCUT2D eigenvalue weighted by Gasteiger charge is 2.37. The Morgan fingerprint density at radius 3 is 2.53 bits per heavy atom. The number of carboxylic acids is 1. The molecule has 0 unspecified atom stereocenters. The van der Waals surface area contributed by atoms with Crippen LogP contribution in [-0.2, 0) is 4.79 Å². The van der Waals surface area contributed by atoms with Crippen molar-refractivity contribution in [1.82, 2.24) is 4.90 Å². The first-order valence-corrected chi connectivity index (χ1v) is 5.41. The first kappa shape index (κ1) is 12.0. The molecule has 4 heteroatoms. The Morgan fingerprint density at radius 2 is 2.07 bits per heavy atom. The molecular formula is C11H18N2O2. The van der Waals surface area contributed by atoms with E-state index in [1.807, 2.05) is 11.9 Å².